The molecule has 0 heterocycles. The monoisotopic (exact) mass is 146 g/mol. The number of Topliss-reactive ketones (excluding diaryl/α,β-unsaturated/α-hetero) is 1. The Labute approximate surface area is 58.8 Å². The van der Waals surface area contributed by atoms with Gasteiger partial charge < -0.3 is 9.84 Å². The highest BCUT2D eigenvalue weighted by Crippen LogP contribution is 2.05. The Hall–Kier alpha value is -0.900. The summed E-state index contributed by atoms with van der Waals surface area (Å²) in [7, 11) is 1.11. The summed E-state index contributed by atoms with van der Waals surface area (Å²) in [4.78, 5) is 21.1. The molecule has 0 amide bonds. The molecule has 0 radical (unpaired) electrons. The molecule has 0 aliphatic heterocycles. The summed E-state index contributed by atoms with van der Waals surface area (Å²) in [5, 5.41) is 9.04. The maximum absolute atomic E-state index is 10.6. The van der Waals surface area contributed by atoms with E-state index in [4.69, 9.17) is 5.11 Å². The Morgan fingerprint density at radius 3 is 2.00 bits per heavy atom. The number of ether oxygens (including phenoxy) is 1. The third-order valence-electron chi connectivity index (χ3n) is 1.27. The van der Waals surface area contributed by atoms with E-state index >= 15 is 0 Å². The van der Waals surface area contributed by atoms with Crippen LogP contribution in [0, 0.1) is 0 Å². The highest BCUT2D eigenvalue weighted by atomic mass is 16.5. The molecule has 0 aliphatic rings. The summed E-state index contributed by atoms with van der Waals surface area (Å²) in [6.45, 7) is 2.22. The number of ketones is 1. The fraction of sp³-hybridized carbons (Fsp3) is 0.667. The Morgan fingerprint density at radius 1 is 1.50 bits per heavy atom. The number of rotatable bonds is 2. The molecule has 0 saturated carbocycles. The summed E-state index contributed by atoms with van der Waals surface area (Å²) in [5.41, 5.74) is -1.99. The fourth-order valence-electron chi connectivity index (χ4n) is 0.342. The molecule has 4 heteroatoms. The van der Waals surface area contributed by atoms with E-state index in [9.17, 15) is 9.59 Å². The van der Waals surface area contributed by atoms with Gasteiger partial charge in [-0.15, -0.1) is 0 Å². The predicted molar refractivity (Wildman–Crippen MR) is 33.3 cm³/mol. The molecule has 0 unspecified atom stereocenters. The van der Waals surface area contributed by atoms with E-state index in [2.05, 4.69) is 4.74 Å². The summed E-state index contributed by atoms with van der Waals surface area (Å²) in [6.07, 6.45) is 0. The van der Waals surface area contributed by atoms with E-state index in [0.717, 1.165) is 21.0 Å². The summed E-state index contributed by atoms with van der Waals surface area (Å²) >= 11 is 0. The molecule has 0 fully saturated rings. The van der Waals surface area contributed by atoms with Crippen molar-refractivity contribution >= 4 is 11.8 Å². The Kier molecular flexibility index (Phi) is 2.54. The number of hydrogen-bond acceptors (Lipinski definition) is 4. The molecular weight excluding hydrogens is 136 g/mol. The smallest absolute Gasteiger partial charge is 0.345 e. The molecule has 1 atom stereocenters. The maximum atomic E-state index is 10.6. The number of hydrogen-bond donors (Lipinski definition) is 1. The van der Waals surface area contributed by atoms with Crippen molar-refractivity contribution in [2.75, 3.05) is 7.11 Å². The first-order chi connectivity index (χ1) is 4.42. The van der Waals surface area contributed by atoms with Crippen molar-refractivity contribution in [1.29, 1.82) is 0 Å². The SMILES string of the molecule is COC(=O)[C@@](C)(O)C(C)=O. The van der Waals surface area contributed by atoms with Gasteiger partial charge in [0.1, 0.15) is 0 Å². The van der Waals surface area contributed by atoms with Crippen LogP contribution in [0.5, 0.6) is 0 Å². The van der Waals surface area contributed by atoms with Gasteiger partial charge in [-0.2, -0.15) is 0 Å². The summed E-state index contributed by atoms with van der Waals surface area (Å²) in [5.74, 6) is -1.56. The average Bonchev–Trinajstić information content (AvgIpc) is 1.86. The standard InChI is InChI=1S/C6H10O4/c1-4(7)6(2,9)5(8)10-3/h9H,1-3H3/t6-/m0/s1. The van der Waals surface area contributed by atoms with Gasteiger partial charge in [-0.3, -0.25) is 4.79 Å². The predicted octanol–water partition coefficient (Wildman–Crippen LogP) is -0.501. The second-order valence-electron chi connectivity index (χ2n) is 2.12. The third-order valence-corrected chi connectivity index (χ3v) is 1.27. The maximum Gasteiger partial charge on any atom is 0.345 e. The quantitative estimate of drug-likeness (QED) is 0.421. The van der Waals surface area contributed by atoms with E-state index in [1.165, 1.54) is 0 Å². The minimum absolute atomic E-state index is 0.626. The number of methoxy groups -OCH3 is 1. The molecule has 0 aromatic heterocycles. The van der Waals surface area contributed by atoms with Crippen LogP contribution in [0.3, 0.4) is 0 Å². The fourth-order valence-corrected chi connectivity index (χ4v) is 0.342. The minimum atomic E-state index is -1.99. The topological polar surface area (TPSA) is 63.6 Å². The Morgan fingerprint density at radius 2 is 1.90 bits per heavy atom. The molecule has 0 aromatic rings. The second-order valence-corrected chi connectivity index (χ2v) is 2.12. The van der Waals surface area contributed by atoms with Gasteiger partial charge in [0.25, 0.3) is 0 Å². The third kappa shape index (κ3) is 1.54. The van der Waals surface area contributed by atoms with Crippen molar-refractivity contribution in [1.82, 2.24) is 0 Å². The van der Waals surface area contributed by atoms with E-state index in [-0.39, 0.29) is 0 Å². The van der Waals surface area contributed by atoms with Crippen LogP contribution in [0.4, 0.5) is 0 Å². The Bertz CT molecular complexity index is 159. The molecule has 4 nitrogen and oxygen atoms in total. The van der Waals surface area contributed by atoms with Crippen LogP contribution >= 0.6 is 0 Å². The zero-order valence-electron chi connectivity index (χ0n) is 6.17. The molecule has 0 aliphatic carbocycles. The number of esters is 1. The first kappa shape index (κ1) is 9.10. The van der Waals surface area contributed by atoms with E-state index in [1.54, 1.807) is 0 Å². The molecular formula is C6H10O4. The van der Waals surface area contributed by atoms with Crippen LogP contribution < -0.4 is 0 Å². The highest BCUT2D eigenvalue weighted by molar-refractivity contribution is 6.05. The van der Waals surface area contributed by atoms with Crippen LogP contribution in [0.25, 0.3) is 0 Å². The van der Waals surface area contributed by atoms with Crippen LogP contribution in [0.2, 0.25) is 0 Å². The van der Waals surface area contributed by atoms with Gasteiger partial charge in [0.2, 0.25) is 5.60 Å². The van der Waals surface area contributed by atoms with Gasteiger partial charge in [-0.05, 0) is 13.8 Å². The van der Waals surface area contributed by atoms with Gasteiger partial charge in [0, 0.05) is 0 Å². The molecule has 58 valence electrons. The lowest BCUT2D eigenvalue weighted by molar-refractivity contribution is -0.165. The molecule has 1 N–H and O–H groups in total. The molecule has 0 rings (SSSR count). The van der Waals surface area contributed by atoms with Crippen LogP contribution in [0.15, 0.2) is 0 Å². The largest absolute Gasteiger partial charge is 0.467 e. The molecule has 10 heavy (non-hydrogen) atoms. The number of carbonyl (C=O) groups is 2. The van der Waals surface area contributed by atoms with Crippen molar-refractivity contribution in [3.05, 3.63) is 0 Å². The van der Waals surface area contributed by atoms with E-state index < -0.39 is 17.4 Å². The number of aliphatic hydroxyl groups is 1. The van der Waals surface area contributed by atoms with Crippen LogP contribution in [-0.4, -0.2) is 29.6 Å². The lowest BCUT2D eigenvalue weighted by Crippen LogP contribution is -2.42. The molecule has 0 saturated heterocycles. The van der Waals surface area contributed by atoms with Crippen molar-refractivity contribution in [3.63, 3.8) is 0 Å². The lowest BCUT2D eigenvalue weighted by atomic mass is 10.0. The minimum Gasteiger partial charge on any atom is -0.467 e. The number of carbonyl (C=O) groups excluding carboxylic acids is 2. The van der Waals surface area contributed by atoms with Gasteiger partial charge in [-0.25, -0.2) is 4.79 Å². The van der Waals surface area contributed by atoms with Gasteiger partial charge >= 0.3 is 5.97 Å². The first-order valence-corrected chi connectivity index (χ1v) is 2.74. The van der Waals surface area contributed by atoms with E-state index in [0.29, 0.717) is 0 Å². The average molecular weight is 146 g/mol. The summed E-state index contributed by atoms with van der Waals surface area (Å²) < 4.78 is 4.17. The second kappa shape index (κ2) is 2.79. The van der Waals surface area contributed by atoms with Crippen LogP contribution in [-0.2, 0) is 14.3 Å². The van der Waals surface area contributed by atoms with Crippen molar-refractivity contribution in [2.45, 2.75) is 19.4 Å². The molecule has 0 bridgehead atoms. The van der Waals surface area contributed by atoms with Gasteiger partial charge in [0.05, 0.1) is 7.11 Å². The van der Waals surface area contributed by atoms with E-state index in [1.807, 2.05) is 0 Å². The van der Waals surface area contributed by atoms with Crippen molar-refractivity contribution in [3.8, 4) is 0 Å². The lowest BCUT2D eigenvalue weighted by Gasteiger charge is -2.15. The molecule has 0 aromatic carbocycles. The first-order valence-electron chi connectivity index (χ1n) is 2.74. The van der Waals surface area contributed by atoms with Gasteiger partial charge in [0.15, 0.2) is 5.78 Å². The van der Waals surface area contributed by atoms with Crippen molar-refractivity contribution < 1.29 is 19.4 Å². The zero-order chi connectivity index (χ0) is 8.36. The molecule has 0 spiro atoms. The van der Waals surface area contributed by atoms with Gasteiger partial charge in [-0.1, -0.05) is 0 Å². The van der Waals surface area contributed by atoms with Crippen LogP contribution in [0.1, 0.15) is 13.8 Å². The van der Waals surface area contributed by atoms with Crippen molar-refractivity contribution in [2.24, 2.45) is 0 Å². The Balaban J connectivity index is 4.40. The zero-order valence-corrected chi connectivity index (χ0v) is 6.17. The highest BCUT2D eigenvalue weighted by Gasteiger charge is 2.36. The normalized spacial score (nSPS) is 15.6. The summed E-state index contributed by atoms with van der Waals surface area (Å²) in [6, 6.07) is 0.